The molecule has 2 rings (SSSR count). The van der Waals surface area contributed by atoms with Crippen molar-refractivity contribution < 1.29 is 15.0 Å². The molecule has 0 saturated carbocycles. The third-order valence-corrected chi connectivity index (χ3v) is 2.25. The quantitative estimate of drug-likeness (QED) is 0.731. The fraction of sp³-hybridized carbons (Fsp3) is 0.200. The highest BCUT2D eigenvalue weighted by atomic mass is 16.4. The highest BCUT2D eigenvalue weighted by Crippen LogP contribution is 1.99. The van der Waals surface area contributed by atoms with E-state index in [1.165, 1.54) is 23.0 Å². The van der Waals surface area contributed by atoms with Gasteiger partial charge in [0.2, 0.25) is 5.43 Å². The summed E-state index contributed by atoms with van der Waals surface area (Å²) in [5.41, 5.74) is -0.00707. The van der Waals surface area contributed by atoms with Gasteiger partial charge in [-0.15, -0.1) is 0 Å². The summed E-state index contributed by atoms with van der Waals surface area (Å²) in [7, 11) is 0. The Balaban J connectivity index is 2.63. The van der Waals surface area contributed by atoms with Crippen molar-refractivity contribution in [3.8, 4) is 0 Å². The average molecular weight is 235 g/mol. The topological polar surface area (TPSA) is 105 Å². The maximum Gasteiger partial charge on any atom is 0.303 e. The van der Waals surface area contributed by atoms with E-state index in [2.05, 4.69) is 10.1 Å². The van der Waals surface area contributed by atoms with Crippen LogP contribution in [-0.2, 0) is 4.79 Å². The van der Waals surface area contributed by atoms with Crippen LogP contribution in [0.15, 0.2) is 23.3 Å². The van der Waals surface area contributed by atoms with Crippen LogP contribution < -0.4 is 10.8 Å². The summed E-state index contributed by atoms with van der Waals surface area (Å²) in [5.74, 6) is -1.34. The summed E-state index contributed by atoms with van der Waals surface area (Å²) in [5, 5.41) is 22.0. The lowest BCUT2D eigenvalue weighted by molar-refractivity contribution is -0.136. The number of hydrogen-bond acceptors (Lipinski definition) is 5. The second-order valence-corrected chi connectivity index (χ2v) is 3.42. The molecule has 0 bridgehead atoms. The Labute approximate surface area is 94.6 Å². The molecule has 0 atom stereocenters. The molecular formula is C10H9N3O4. The Kier molecular flexibility index (Phi) is 2.73. The number of carboxylic acids is 1. The maximum atomic E-state index is 11.6. The molecule has 0 aliphatic rings. The summed E-state index contributed by atoms with van der Waals surface area (Å²) in [6, 6.07) is 2.74. The predicted molar refractivity (Wildman–Crippen MR) is 57.4 cm³/mol. The van der Waals surface area contributed by atoms with Crippen LogP contribution >= 0.6 is 0 Å². The van der Waals surface area contributed by atoms with Gasteiger partial charge in [0.15, 0.2) is 11.0 Å². The number of pyridine rings is 1. The molecule has 0 amide bonds. The number of rotatable bonds is 3. The number of aromatic nitrogens is 3. The zero-order chi connectivity index (χ0) is 12.4. The summed E-state index contributed by atoms with van der Waals surface area (Å²) in [6.07, 6.45) is 0.878. The van der Waals surface area contributed by atoms with Gasteiger partial charge in [-0.25, -0.2) is 9.50 Å². The average Bonchev–Trinajstić information content (AvgIpc) is 2.73. The zero-order valence-electron chi connectivity index (χ0n) is 8.70. The molecule has 7 nitrogen and oxygen atoms in total. The number of fused-ring (bicyclic) bond motifs is 1. The first-order valence-corrected chi connectivity index (χ1v) is 4.86. The molecule has 88 valence electrons. The minimum Gasteiger partial charge on any atom is -0.510 e. The van der Waals surface area contributed by atoms with Crippen molar-refractivity contribution in [3.05, 3.63) is 34.0 Å². The van der Waals surface area contributed by atoms with Crippen LogP contribution in [0.4, 0.5) is 0 Å². The molecule has 0 spiro atoms. The fourth-order valence-corrected chi connectivity index (χ4v) is 1.48. The van der Waals surface area contributed by atoms with Gasteiger partial charge in [-0.2, -0.15) is 5.10 Å². The fourth-order valence-electron chi connectivity index (χ4n) is 1.48. The van der Waals surface area contributed by atoms with E-state index >= 15 is 0 Å². The van der Waals surface area contributed by atoms with Gasteiger partial charge in [0.1, 0.15) is 12.1 Å². The minimum absolute atomic E-state index is 0.0405. The first kappa shape index (κ1) is 11.1. The Hall–Kier alpha value is -2.44. The standard InChI is InChI=1S/C10H9N3O4/c14-6-1-3-8-11-5-12-13(8)10(6)7(15)2-4-9(16)17/h1,3,5,15H,2,4H2,(H,16,17). The number of hydrogen-bond donors (Lipinski definition) is 2. The van der Waals surface area contributed by atoms with E-state index in [0.717, 1.165) is 0 Å². The lowest BCUT2D eigenvalue weighted by atomic mass is 10.2. The van der Waals surface area contributed by atoms with E-state index in [4.69, 9.17) is 5.11 Å². The molecule has 0 aliphatic heterocycles. The van der Waals surface area contributed by atoms with Gasteiger partial charge in [-0.3, -0.25) is 9.59 Å². The van der Waals surface area contributed by atoms with Crippen LogP contribution in [0.25, 0.3) is 11.4 Å². The van der Waals surface area contributed by atoms with Crippen molar-refractivity contribution in [3.63, 3.8) is 0 Å². The molecule has 2 heterocycles. The first-order chi connectivity index (χ1) is 8.09. The second kappa shape index (κ2) is 4.20. The van der Waals surface area contributed by atoms with Crippen molar-refractivity contribution in [1.29, 1.82) is 0 Å². The molecule has 2 aromatic heterocycles. The van der Waals surface area contributed by atoms with Crippen molar-refractivity contribution in [2.75, 3.05) is 0 Å². The number of nitrogens with zero attached hydrogens (tertiary/aromatic N) is 3. The number of aliphatic carboxylic acids is 1. The van der Waals surface area contributed by atoms with Gasteiger partial charge >= 0.3 is 5.97 Å². The highest BCUT2D eigenvalue weighted by molar-refractivity contribution is 5.68. The molecule has 0 radical (unpaired) electrons. The monoisotopic (exact) mass is 235 g/mol. The van der Waals surface area contributed by atoms with E-state index in [9.17, 15) is 14.7 Å². The van der Waals surface area contributed by atoms with Crippen LogP contribution in [0.1, 0.15) is 12.8 Å². The Morgan fingerprint density at radius 2 is 2.06 bits per heavy atom. The van der Waals surface area contributed by atoms with Crippen molar-refractivity contribution in [2.45, 2.75) is 12.8 Å². The molecule has 2 aromatic rings. The first-order valence-electron chi connectivity index (χ1n) is 4.86. The highest BCUT2D eigenvalue weighted by Gasteiger charge is 2.07. The van der Waals surface area contributed by atoms with Gasteiger partial charge in [0, 0.05) is 6.42 Å². The third kappa shape index (κ3) is 2.07. The lowest BCUT2D eigenvalue weighted by Gasteiger charge is -1.98. The van der Waals surface area contributed by atoms with Crippen molar-refractivity contribution >= 4 is 17.4 Å². The number of carbonyl (C=O) groups is 1. The summed E-state index contributed by atoms with van der Waals surface area (Å²) >= 11 is 0. The molecule has 0 aromatic carbocycles. The van der Waals surface area contributed by atoms with E-state index in [-0.39, 0.29) is 23.9 Å². The van der Waals surface area contributed by atoms with Gasteiger partial charge in [-0.1, -0.05) is 0 Å². The third-order valence-electron chi connectivity index (χ3n) is 2.25. The van der Waals surface area contributed by atoms with Crippen LogP contribution in [0.5, 0.6) is 0 Å². The number of aliphatic hydroxyl groups excluding tert-OH is 1. The summed E-state index contributed by atoms with van der Waals surface area (Å²) in [6.45, 7) is 0. The van der Waals surface area contributed by atoms with E-state index in [1.54, 1.807) is 0 Å². The summed E-state index contributed by atoms with van der Waals surface area (Å²) in [4.78, 5) is 25.9. The largest absolute Gasteiger partial charge is 0.510 e. The number of carboxylic acid groups (broad SMARTS) is 1. The Morgan fingerprint density at radius 3 is 2.76 bits per heavy atom. The van der Waals surface area contributed by atoms with Crippen molar-refractivity contribution in [2.24, 2.45) is 0 Å². The van der Waals surface area contributed by atoms with Crippen molar-refractivity contribution in [1.82, 2.24) is 14.6 Å². The van der Waals surface area contributed by atoms with Gasteiger partial charge in [0.25, 0.3) is 0 Å². The van der Waals surface area contributed by atoms with Gasteiger partial charge in [-0.05, 0) is 12.1 Å². The minimum atomic E-state index is -1.05. The van der Waals surface area contributed by atoms with Crippen LogP contribution in [0.2, 0.25) is 0 Å². The maximum absolute atomic E-state index is 11.6. The molecule has 0 aliphatic carbocycles. The van der Waals surface area contributed by atoms with Crippen LogP contribution in [-0.4, -0.2) is 30.8 Å². The molecule has 17 heavy (non-hydrogen) atoms. The van der Waals surface area contributed by atoms with Crippen LogP contribution in [0, 0.1) is 0 Å². The number of aliphatic hydroxyl groups is 1. The zero-order valence-corrected chi connectivity index (χ0v) is 8.70. The normalized spacial score (nSPS) is 12.7. The molecule has 0 saturated heterocycles. The Bertz CT molecular complexity index is 676. The molecule has 0 unspecified atom stereocenters. The molecule has 2 N–H and O–H groups in total. The van der Waals surface area contributed by atoms with E-state index in [0.29, 0.717) is 5.65 Å². The van der Waals surface area contributed by atoms with E-state index in [1.807, 2.05) is 0 Å². The molecule has 0 fully saturated rings. The van der Waals surface area contributed by atoms with E-state index < -0.39 is 11.4 Å². The smallest absolute Gasteiger partial charge is 0.303 e. The summed E-state index contributed by atoms with van der Waals surface area (Å²) < 4.78 is 1.19. The lowest BCUT2D eigenvalue weighted by Crippen LogP contribution is -2.33. The predicted octanol–water partition coefficient (Wildman–Crippen LogP) is -0.661. The van der Waals surface area contributed by atoms with Crippen LogP contribution in [0.3, 0.4) is 0 Å². The second-order valence-electron chi connectivity index (χ2n) is 3.42. The Morgan fingerprint density at radius 1 is 1.29 bits per heavy atom. The molecule has 7 heteroatoms. The van der Waals surface area contributed by atoms with Gasteiger partial charge < -0.3 is 10.2 Å². The SMILES string of the molecule is O=C(O)CCC(O)=c1c(=O)ccc2ncnn12. The van der Waals surface area contributed by atoms with Gasteiger partial charge in [0.05, 0.1) is 6.42 Å². The molecular weight excluding hydrogens is 226 g/mol.